The Labute approximate surface area is 198 Å². The number of fused-ring (bicyclic) bond motifs is 1. The Morgan fingerprint density at radius 1 is 1.00 bits per heavy atom. The number of methoxy groups -OCH3 is 2. The third kappa shape index (κ3) is 3.99. The van der Waals surface area contributed by atoms with Gasteiger partial charge < -0.3 is 14.8 Å². The Balaban J connectivity index is 1.76. The number of amides is 1. The minimum absolute atomic E-state index is 0.339. The zero-order valence-electron chi connectivity index (χ0n) is 17.9. The van der Waals surface area contributed by atoms with Crippen molar-refractivity contribution >= 4 is 61.2 Å². The maximum Gasteiger partial charge on any atom is 0.341 e. The van der Waals surface area contributed by atoms with Crippen molar-refractivity contribution in [3.63, 3.8) is 0 Å². The van der Waals surface area contributed by atoms with E-state index in [9.17, 15) is 9.59 Å². The van der Waals surface area contributed by atoms with Crippen molar-refractivity contribution in [2.45, 2.75) is 13.8 Å². The van der Waals surface area contributed by atoms with Crippen molar-refractivity contribution < 1.29 is 19.1 Å². The molecule has 32 heavy (non-hydrogen) atoms. The van der Waals surface area contributed by atoms with Crippen molar-refractivity contribution in [1.82, 2.24) is 0 Å². The number of hydrogen-bond acceptors (Lipinski definition) is 6. The molecule has 0 radical (unpaired) electrons. The number of aryl methyl sites for hydroxylation is 2. The van der Waals surface area contributed by atoms with E-state index >= 15 is 0 Å². The van der Waals surface area contributed by atoms with Crippen molar-refractivity contribution in [3.05, 3.63) is 68.4 Å². The second-order valence-electron chi connectivity index (χ2n) is 7.16. The monoisotopic (exact) mass is 485 g/mol. The molecule has 0 aliphatic carbocycles. The molecule has 0 unspecified atom stereocenters. The van der Waals surface area contributed by atoms with Gasteiger partial charge in [0.2, 0.25) is 0 Å². The molecule has 1 N–H and O–H groups in total. The van der Waals surface area contributed by atoms with Crippen molar-refractivity contribution in [2.75, 3.05) is 19.5 Å². The number of rotatable bonds is 5. The van der Waals surface area contributed by atoms with E-state index < -0.39 is 5.97 Å². The first-order valence-electron chi connectivity index (χ1n) is 9.70. The quantitative estimate of drug-likeness (QED) is 0.311. The first-order valence-corrected chi connectivity index (χ1v) is 11.7. The highest BCUT2D eigenvalue weighted by Crippen LogP contribution is 2.42. The summed E-state index contributed by atoms with van der Waals surface area (Å²) in [6.07, 6.45) is 0. The summed E-state index contributed by atoms with van der Waals surface area (Å²) in [5.41, 5.74) is 3.10. The van der Waals surface area contributed by atoms with Crippen LogP contribution in [0.3, 0.4) is 0 Å². The highest BCUT2D eigenvalue weighted by molar-refractivity contribution is 7.22. The van der Waals surface area contributed by atoms with E-state index in [1.165, 1.54) is 29.8 Å². The fourth-order valence-electron chi connectivity index (χ4n) is 3.48. The first kappa shape index (κ1) is 22.3. The van der Waals surface area contributed by atoms with Crippen LogP contribution in [0.1, 0.15) is 30.5 Å². The molecule has 4 rings (SSSR count). The number of carbonyl (C=O) groups is 2. The van der Waals surface area contributed by atoms with Gasteiger partial charge in [-0.05, 0) is 37.6 Å². The highest BCUT2D eigenvalue weighted by atomic mass is 35.5. The molecule has 4 aromatic rings. The predicted octanol–water partition coefficient (Wildman–Crippen LogP) is 6.95. The van der Waals surface area contributed by atoms with Crippen LogP contribution in [0.15, 0.2) is 42.5 Å². The average Bonchev–Trinajstić information content (AvgIpc) is 3.29. The van der Waals surface area contributed by atoms with Gasteiger partial charge in [0.25, 0.3) is 5.91 Å². The van der Waals surface area contributed by atoms with Gasteiger partial charge >= 0.3 is 5.97 Å². The lowest BCUT2D eigenvalue weighted by atomic mass is 10.0. The van der Waals surface area contributed by atoms with Gasteiger partial charge in [-0.25, -0.2) is 4.79 Å². The van der Waals surface area contributed by atoms with Crippen molar-refractivity contribution in [1.29, 1.82) is 0 Å². The van der Waals surface area contributed by atoms with E-state index in [1.54, 1.807) is 13.2 Å². The average molecular weight is 486 g/mol. The molecule has 1 amide bonds. The van der Waals surface area contributed by atoms with Gasteiger partial charge in [-0.1, -0.05) is 41.4 Å². The van der Waals surface area contributed by atoms with Crippen molar-refractivity contribution in [3.8, 4) is 16.9 Å². The summed E-state index contributed by atoms with van der Waals surface area (Å²) in [6, 6.07) is 13.4. The third-order valence-electron chi connectivity index (χ3n) is 5.08. The number of esters is 1. The van der Waals surface area contributed by atoms with Crippen molar-refractivity contribution in [2.24, 2.45) is 0 Å². The van der Waals surface area contributed by atoms with Crippen LogP contribution in [0, 0.1) is 13.8 Å². The Kier molecular flexibility index (Phi) is 6.24. The summed E-state index contributed by atoms with van der Waals surface area (Å²) < 4.78 is 11.2. The number of ether oxygens (including phenoxy) is 2. The topological polar surface area (TPSA) is 64.6 Å². The summed E-state index contributed by atoms with van der Waals surface area (Å²) >= 11 is 9.15. The molecule has 164 valence electrons. The first-order chi connectivity index (χ1) is 15.3. The molecule has 0 aliphatic heterocycles. The van der Waals surface area contributed by atoms with Crippen LogP contribution >= 0.6 is 34.3 Å². The van der Waals surface area contributed by atoms with E-state index in [4.69, 9.17) is 21.1 Å². The second kappa shape index (κ2) is 8.94. The van der Waals surface area contributed by atoms with Crippen LogP contribution in [0.4, 0.5) is 5.00 Å². The molecule has 2 heterocycles. The summed E-state index contributed by atoms with van der Waals surface area (Å²) in [7, 11) is 2.91. The molecule has 0 saturated carbocycles. The minimum Gasteiger partial charge on any atom is -0.497 e. The largest absolute Gasteiger partial charge is 0.497 e. The summed E-state index contributed by atoms with van der Waals surface area (Å²) in [5, 5.41) is 4.42. The number of carbonyl (C=O) groups excluding carboxylic acids is 2. The van der Waals surface area contributed by atoms with Gasteiger partial charge in [-0.15, -0.1) is 22.7 Å². The molecule has 5 nitrogen and oxygen atoms in total. The molecule has 0 aliphatic rings. The van der Waals surface area contributed by atoms with Crippen LogP contribution in [0.25, 0.3) is 21.2 Å². The lowest BCUT2D eigenvalue weighted by molar-refractivity contribution is 0.0603. The fraction of sp³-hybridized carbons (Fsp3) is 0.167. The molecule has 0 saturated heterocycles. The summed E-state index contributed by atoms with van der Waals surface area (Å²) in [4.78, 5) is 27.1. The number of halogens is 1. The molecule has 0 bridgehead atoms. The molecule has 2 aromatic carbocycles. The molecular weight excluding hydrogens is 466 g/mol. The SMILES string of the molecule is COC(=O)c1c(NC(=O)c2sc3ccc(OC)cc3c2Cl)sc(C)c1-c1ccc(C)cc1. The number of nitrogens with one attached hydrogen (secondary N) is 1. The van der Waals surface area contributed by atoms with Crippen LogP contribution < -0.4 is 10.1 Å². The van der Waals surface area contributed by atoms with Gasteiger partial charge in [-0.3, -0.25) is 4.79 Å². The Morgan fingerprint density at radius 2 is 1.72 bits per heavy atom. The van der Waals surface area contributed by atoms with Crippen LogP contribution in [-0.2, 0) is 4.74 Å². The summed E-state index contributed by atoms with van der Waals surface area (Å²) in [6.45, 7) is 3.92. The third-order valence-corrected chi connectivity index (χ3v) is 7.78. The highest BCUT2D eigenvalue weighted by Gasteiger charge is 2.27. The summed E-state index contributed by atoms with van der Waals surface area (Å²) in [5.74, 6) is -0.224. The van der Waals surface area contributed by atoms with Gasteiger partial charge in [0.15, 0.2) is 0 Å². The molecule has 8 heteroatoms. The van der Waals surface area contributed by atoms with E-state index in [2.05, 4.69) is 5.32 Å². The number of benzene rings is 2. The maximum absolute atomic E-state index is 13.2. The van der Waals surface area contributed by atoms with E-state index in [0.29, 0.717) is 26.2 Å². The Hall–Kier alpha value is -2.87. The molecule has 0 fully saturated rings. The molecule has 0 atom stereocenters. The zero-order valence-corrected chi connectivity index (χ0v) is 20.3. The van der Waals surface area contributed by atoms with Crippen LogP contribution in [0.2, 0.25) is 5.02 Å². The van der Waals surface area contributed by atoms with Crippen LogP contribution in [0.5, 0.6) is 5.75 Å². The maximum atomic E-state index is 13.2. The number of thiophene rings is 2. The lowest BCUT2D eigenvalue weighted by Crippen LogP contribution is -2.13. The van der Waals surface area contributed by atoms with Gasteiger partial charge in [0, 0.05) is 20.5 Å². The molecular formula is C24H20ClNO4S2. The normalized spacial score (nSPS) is 10.9. The predicted molar refractivity (Wildman–Crippen MR) is 132 cm³/mol. The lowest BCUT2D eigenvalue weighted by Gasteiger charge is -2.08. The van der Waals surface area contributed by atoms with Gasteiger partial charge in [-0.2, -0.15) is 0 Å². The Bertz CT molecular complexity index is 1340. The zero-order chi connectivity index (χ0) is 23.0. The smallest absolute Gasteiger partial charge is 0.341 e. The van der Waals surface area contributed by atoms with E-state index in [0.717, 1.165) is 31.7 Å². The minimum atomic E-state index is -0.507. The number of anilines is 1. The second-order valence-corrected chi connectivity index (χ2v) is 9.81. The molecule has 2 aromatic heterocycles. The standard InChI is InChI=1S/C24H20ClNO4S2/c1-12-5-7-14(8-6-12)18-13(2)31-23(19(18)24(28)30-4)26-22(27)21-20(25)16-11-15(29-3)9-10-17(16)32-21/h5-11H,1-4H3,(H,26,27). The van der Waals surface area contributed by atoms with Gasteiger partial charge in [0.05, 0.1) is 19.2 Å². The Morgan fingerprint density at radius 3 is 2.38 bits per heavy atom. The van der Waals surface area contributed by atoms with Crippen LogP contribution in [-0.4, -0.2) is 26.1 Å². The van der Waals surface area contributed by atoms with E-state index in [1.807, 2.05) is 50.2 Å². The number of hydrogen-bond donors (Lipinski definition) is 1. The fourth-order valence-corrected chi connectivity index (χ4v) is 5.92. The van der Waals surface area contributed by atoms with E-state index in [-0.39, 0.29) is 5.91 Å². The van der Waals surface area contributed by atoms with Gasteiger partial charge in [0.1, 0.15) is 21.2 Å². The molecule has 0 spiro atoms.